The van der Waals surface area contributed by atoms with Crippen molar-refractivity contribution in [3.8, 4) is 0 Å². The number of methoxy groups -OCH3 is 1. The summed E-state index contributed by atoms with van der Waals surface area (Å²) in [4.78, 5) is 4.37. The van der Waals surface area contributed by atoms with Gasteiger partial charge in [-0.1, -0.05) is 0 Å². The molecule has 5 nitrogen and oxygen atoms in total. The summed E-state index contributed by atoms with van der Waals surface area (Å²) in [5.41, 5.74) is 1.54. The Morgan fingerprint density at radius 1 is 1.45 bits per heavy atom. The lowest BCUT2D eigenvalue weighted by atomic mass is 10.3. The highest BCUT2D eigenvalue weighted by Gasteiger charge is 2.22. The van der Waals surface area contributed by atoms with Gasteiger partial charge in [0.2, 0.25) is 10.0 Å². The van der Waals surface area contributed by atoms with Crippen LogP contribution >= 0.6 is 11.3 Å². The predicted molar refractivity (Wildman–Crippen MR) is 83.0 cm³/mol. The molecule has 0 spiro atoms. The third kappa shape index (κ3) is 3.11. The molecule has 1 atom stereocenters. The van der Waals surface area contributed by atoms with Gasteiger partial charge in [-0.2, -0.15) is 0 Å². The first kappa shape index (κ1) is 15.2. The number of ether oxygens (including phenoxy) is 1. The summed E-state index contributed by atoms with van der Waals surface area (Å²) in [7, 11) is -0.325. The van der Waals surface area contributed by atoms with E-state index in [4.69, 9.17) is 4.74 Å². The number of benzene rings is 1. The Hall–Kier alpha value is -1.18. The average Bonchev–Trinajstić information content (AvgIpc) is 2.76. The molecule has 0 N–H and O–H groups in total. The first-order chi connectivity index (χ1) is 9.33. The number of fused-ring (bicyclic) bond motifs is 1. The van der Waals surface area contributed by atoms with Crippen LogP contribution < -0.4 is 4.31 Å². The van der Waals surface area contributed by atoms with Crippen molar-refractivity contribution in [1.82, 2.24) is 4.98 Å². The van der Waals surface area contributed by atoms with E-state index in [0.29, 0.717) is 5.69 Å². The van der Waals surface area contributed by atoms with E-state index in [0.717, 1.165) is 15.2 Å². The zero-order valence-electron chi connectivity index (χ0n) is 12.0. The minimum Gasteiger partial charge on any atom is -0.381 e. The maximum absolute atomic E-state index is 12.3. The normalized spacial score (nSPS) is 13.6. The van der Waals surface area contributed by atoms with Crippen molar-refractivity contribution in [2.45, 2.75) is 20.0 Å². The Labute approximate surface area is 123 Å². The Bertz CT molecular complexity index is 709. The molecule has 0 radical (unpaired) electrons. The minimum atomic E-state index is -3.39. The minimum absolute atomic E-state index is 0.0419. The van der Waals surface area contributed by atoms with Crippen LogP contribution in [0.1, 0.15) is 11.9 Å². The SMILES string of the molecule is COC(C)CS(=O)(=O)N(C)c1ccc2nc(C)sc2c1. The third-order valence-electron chi connectivity index (χ3n) is 3.11. The molecule has 20 heavy (non-hydrogen) atoms. The number of hydrogen-bond acceptors (Lipinski definition) is 5. The Morgan fingerprint density at radius 3 is 2.80 bits per heavy atom. The molecule has 1 aromatic carbocycles. The Morgan fingerprint density at radius 2 is 2.15 bits per heavy atom. The van der Waals surface area contributed by atoms with E-state index in [9.17, 15) is 8.42 Å². The molecular formula is C13H18N2O3S2. The first-order valence-electron chi connectivity index (χ1n) is 6.20. The summed E-state index contributed by atoms with van der Waals surface area (Å²) in [6, 6.07) is 5.48. The molecule has 0 saturated heterocycles. The second kappa shape index (κ2) is 5.67. The number of nitrogens with zero attached hydrogens (tertiary/aromatic N) is 2. The number of anilines is 1. The van der Waals surface area contributed by atoms with Gasteiger partial charge in [-0.15, -0.1) is 11.3 Å². The molecule has 2 rings (SSSR count). The van der Waals surface area contributed by atoms with E-state index in [-0.39, 0.29) is 11.9 Å². The predicted octanol–water partition coefficient (Wildman–Crippen LogP) is 2.41. The van der Waals surface area contributed by atoms with E-state index in [1.165, 1.54) is 11.4 Å². The Balaban J connectivity index is 2.32. The van der Waals surface area contributed by atoms with Gasteiger partial charge in [0.1, 0.15) is 0 Å². The molecule has 2 aromatic rings. The molecule has 0 aliphatic rings. The van der Waals surface area contributed by atoms with Crippen molar-refractivity contribution in [3.05, 3.63) is 23.2 Å². The number of thiazole rings is 1. The molecule has 0 aliphatic heterocycles. The van der Waals surface area contributed by atoms with Gasteiger partial charge in [0, 0.05) is 14.2 Å². The number of aryl methyl sites for hydroxylation is 1. The maximum atomic E-state index is 12.3. The van der Waals surface area contributed by atoms with Crippen LogP contribution in [0.3, 0.4) is 0 Å². The van der Waals surface area contributed by atoms with Crippen molar-refractivity contribution >= 4 is 37.3 Å². The molecule has 1 heterocycles. The maximum Gasteiger partial charge on any atom is 0.237 e. The molecular weight excluding hydrogens is 296 g/mol. The summed E-state index contributed by atoms with van der Waals surface area (Å²) >= 11 is 1.56. The van der Waals surface area contributed by atoms with Crippen molar-refractivity contribution in [1.29, 1.82) is 0 Å². The fraction of sp³-hybridized carbons (Fsp3) is 0.462. The van der Waals surface area contributed by atoms with Gasteiger partial charge < -0.3 is 4.74 Å². The van der Waals surface area contributed by atoms with E-state index in [1.54, 1.807) is 31.4 Å². The van der Waals surface area contributed by atoms with E-state index in [2.05, 4.69) is 4.98 Å². The van der Waals surface area contributed by atoms with Gasteiger partial charge >= 0.3 is 0 Å². The average molecular weight is 314 g/mol. The molecule has 1 unspecified atom stereocenters. The van der Waals surface area contributed by atoms with Crippen LogP contribution in [0.2, 0.25) is 0 Å². The van der Waals surface area contributed by atoms with Gasteiger partial charge in [-0.25, -0.2) is 13.4 Å². The standard InChI is InChI=1S/C13H18N2O3S2/c1-9(18-4)8-20(16,17)15(3)11-5-6-12-13(7-11)19-10(2)14-12/h5-7,9H,8H2,1-4H3. The van der Waals surface area contributed by atoms with E-state index < -0.39 is 10.0 Å². The molecule has 0 aliphatic carbocycles. The van der Waals surface area contributed by atoms with Gasteiger partial charge in [0.25, 0.3) is 0 Å². The van der Waals surface area contributed by atoms with Crippen LogP contribution in [0.25, 0.3) is 10.2 Å². The van der Waals surface area contributed by atoms with Gasteiger partial charge in [0.15, 0.2) is 0 Å². The second-order valence-electron chi connectivity index (χ2n) is 4.68. The monoisotopic (exact) mass is 314 g/mol. The van der Waals surface area contributed by atoms with Gasteiger partial charge in [-0.3, -0.25) is 4.31 Å². The van der Waals surface area contributed by atoms with Crippen molar-refractivity contribution in [3.63, 3.8) is 0 Å². The van der Waals surface area contributed by atoms with Gasteiger partial charge in [0.05, 0.1) is 32.8 Å². The van der Waals surface area contributed by atoms with E-state index in [1.807, 2.05) is 19.1 Å². The second-order valence-corrected chi connectivity index (χ2v) is 7.96. The number of hydrogen-bond donors (Lipinski definition) is 0. The summed E-state index contributed by atoms with van der Waals surface area (Å²) in [6.07, 6.45) is -0.336. The largest absolute Gasteiger partial charge is 0.381 e. The third-order valence-corrected chi connectivity index (χ3v) is 5.98. The van der Waals surface area contributed by atoms with Crippen LogP contribution in [0.5, 0.6) is 0 Å². The van der Waals surface area contributed by atoms with Crippen molar-refractivity contribution < 1.29 is 13.2 Å². The smallest absolute Gasteiger partial charge is 0.237 e. The van der Waals surface area contributed by atoms with Crippen LogP contribution in [0, 0.1) is 6.92 Å². The lowest BCUT2D eigenvalue weighted by Gasteiger charge is -2.21. The molecule has 0 amide bonds. The molecule has 0 saturated carbocycles. The quantitative estimate of drug-likeness (QED) is 0.850. The van der Waals surface area contributed by atoms with E-state index >= 15 is 0 Å². The number of rotatable bonds is 5. The van der Waals surface area contributed by atoms with Crippen molar-refractivity contribution in [2.24, 2.45) is 0 Å². The van der Waals surface area contributed by atoms with Crippen LogP contribution in [-0.2, 0) is 14.8 Å². The molecule has 0 bridgehead atoms. The van der Waals surface area contributed by atoms with Crippen LogP contribution in [-0.4, -0.2) is 39.4 Å². The first-order valence-corrected chi connectivity index (χ1v) is 8.62. The molecule has 0 fully saturated rings. The fourth-order valence-corrected chi connectivity index (χ4v) is 4.11. The lowest BCUT2D eigenvalue weighted by Crippen LogP contribution is -2.33. The molecule has 7 heteroatoms. The summed E-state index contributed by atoms with van der Waals surface area (Å²) in [5, 5.41) is 0.968. The highest BCUT2D eigenvalue weighted by Crippen LogP contribution is 2.27. The molecule has 1 aromatic heterocycles. The van der Waals surface area contributed by atoms with Gasteiger partial charge in [-0.05, 0) is 32.0 Å². The fourth-order valence-electron chi connectivity index (χ4n) is 1.86. The van der Waals surface area contributed by atoms with Crippen LogP contribution in [0.15, 0.2) is 18.2 Å². The topological polar surface area (TPSA) is 59.5 Å². The number of aromatic nitrogens is 1. The van der Waals surface area contributed by atoms with Crippen molar-refractivity contribution in [2.75, 3.05) is 24.2 Å². The summed E-state index contributed by atoms with van der Waals surface area (Å²) in [6.45, 7) is 3.67. The molecule has 110 valence electrons. The number of sulfonamides is 1. The lowest BCUT2D eigenvalue weighted by molar-refractivity contribution is 0.136. The zero-order valence-corrected chi connectivity index (χ0v) is 13.6. The summed E-state index contributed by atoms with van der Waals surface area (Å²) in [5.74, 6) is -0.0419. The Kier molecular flexibility index (Phi) is 4.31. The zero-order chi connectivity index (χ0) is 14.9. The summed E-state index contributed by atoms with van der Waals surface area (Å²) < 4.78 is 31.9. The highest BCUT2D eigenvalue weighted by atomic mass is 32.2. The highest BCUT2D eigenvalue weighted by molar-refractivity contribution is 7.92. The van der Waals surface area contributed by atoms with Crippen LogP contribution in [0.4, 0.5) is 5.69 Å².